The number of rotatable bonds is 5. The van der Waals surface area contributed by atoms with Crippen molar-refractivity contribution < 1.29 is 0 Å². The monoisotopic (exact) mass is 275 g/mol. The Morgan fingerprint density at radius 2 is 2.00 bits per heavy atom. The van der Waals surface area contributed by atoms with Gasteiger partial charge < -0.3 is 10.2 Å². The van der Waals surface area contributed by atoms with E-state index < -0.39 is 0 Å². The third kappa shape index (κ3) is 4.48. The molecule has 0 saturated heterocycles. The van der Waals surface area contributed by atoms with Crippen molar-refractivity contribution in [3.8, 4) is 0 Å². The van der Waals surface area contributed by atoms with E-state index in [9.17, 15) is 0 Å². The van der Waals surface area contributed by atoms with Crippen LogP contribution in [-0.4, -0.2) is 24.1 Å². The molecule has 1 heterocycles. The van der Waals surface area contributed by atoms with Crippen LogP contribution >= 0.6 is 0 Å². The second kappa shape index (κ2) is 6.57. The molecule has 0 aromatic carbocycles. The Morgan fingerprint density at radius 3 is 2.65 bits per heavy atom. The summed E-state index contributed by atoms with van der Waals surface area (Å²) in [5.74, 6) is 0.864. The van der Waals surface area contributed by atoms with Crippen molar-refractivity contribution in [2.24, 2.45) is 5.92 Å². The molecule has 1 N–H and O–H groups in total. The van der Waals surface area contributed by atoms with E-state index in [1.807, 2.05) is 12.4 Å². The molecule has 0 spiro atoms. The highest BCUT2D eigenvalue weighted by Gasteiger charge is 2.18. The summed E-state index contributed by atoms with van der Waals surface area (Å²) in [6, 6.07) is 2.14. The Morgan fingerprint density at radius 1 is 1.30 bits per heavy atom. The minimum absolute atomic E-state index is 0.143. The molecule has 1 aliphatic rings. The second-order valence-corrected chi connectivity index (χ2v) is 7.14. The molecule has 0 aliphatic heterocycles. The minimum atomic E-state index is 0.143. The van der Waals surface area contributed by atoms with Gasteiger partial charge in [0.2, 0.25) is 0 Å². The van der Waals surface area contributed by atoms with Gasteiger partial charge in [-0.3, -0.25) is 4.98 Å². The summed E-state index contributed by atoms with van der Waals surface area (Å²) in [6.45, 7) is 8.67. The standard InChI is InChI=1S/C17H29N3/c1-17(2,3)19-11-15-9-10-18-12-16(15)20(4)13-14-7-5-6-8-14/h9-10,12,14,19H,5-8,11,13H2,1-4H3. The third-order valence-corrected chi connectivity index (χ3v) is 4.11. The Hall–Kier alpha value is -1.09. The van der Waals surface area contributed by atoms with Crippen molar-refractivity contribution in [3.63, 3.8) is 0 Å². The lowest BCUT2D eigenvalue weighted by atomic mass is 10.1. The number of aromatic nitrogens is 1. The smallest absolute Gasteiger partial charge is 0.0595 e. The summed E-state index contributed by atoms with van der Waals surface area (Å²) in [5, 5.41) is 3.57. The summed E-state index contributed by atoms with van der Waals surface area (Å²) >= 11 is 0. The van der Waals surface area contributed by atoms with Crippen molar-refractivity contribution in [2.75, 3.05) is 18.5 Å². The van der Waals surface area contributed by atoms with Crippen LogP contribution in [0.3, 0.4) is 0 Å². The van der Waals surface area contributed by atoms with Gasteiger partial charge in [0.05, 0.1) is 11.9 Å². The molecule has 1 fully saturated rings. The number of nitrogens with one attached hydrogen (secondary N) is 1. The lowest BCUT2D eigenvalue weighted by molar-refractivity contribution is 0.424. The largest absolute Gasteiger partial charge is 0.373 e. The molecule has 0 amide bonds. The first kappa shape index (κ1) is 15.3. The highest BCUT2D eigenvalue weighted by molar-refractivity contribution is 5.51. The Kier molecular flexibility index (Phi) is 5.03. The van der Waals surface area contributed by atoms with E-state index in [-0.39, 0.29) is 5.54 Å². The van der Waals surface area contributed by atoms with Crippen molar-refractivity contribution in [1.29, 1.82) is 0 Å². The quantitative estimate of drug-likeness (QED) is 0.890. The Labute approximate surface area is 123 Å². The van der Waals surface area contributed by atoms with Crippen LogP contribution < -0.4 is 10.2 Å². The van der Waals surface area contributed by atoms with Gasteiger partial charge in [-0.1, -0.05) is 12.8 Å². The number of pyridine rings is 1. The first-order chi connectivity index (χ1) is 9.46. The average Bonchev–Trinajstić information content (AvgIpc) is 2.88. The number of anilines is 1. The zero-order valence-electron chi connectivity index (χ0n) is 13.4. The molecule has 1 aromatic rings. The normalized spacial score (nSPS) is 16.6. The molecule has 0 radical (unpaired) electrons. The Balaban J connectivity index is 2.02. The fourth-order valence-electron chi connectivity index (χ4n) is 2.95. The van der Waals surface area contributed by atoms with Crippen LogP contribution in [0, 0.1) is 5.92 Å². The molecular weight excluding hydrogens is 246 g/mol. The van der Waals surface area contributed by atoms with Gasteiger partial charge >= 0.3 is 0 Å². The van der Waals surface area contributed by atoms with Crippen LogP contribution in [0.2, 0.25) is 0 Å². The molecule has 0 bridgehead atoms. The molecule has 2 rings (SSSR count). The second-order valence-electron chi connectivity index (χ2n) is 7.14. The highest BCUT2D eigenvalue weighted by Crippen LogP contribution is 2.27. The molecule has 1 aromatic heterocycles. The van der Waals surface area contributed by atoms with Gasteiger partial charge in [-0.15, -0.1) is 0 Å². The molecule has 0 atom stereocenters. The van der Waals surface area contributed by atoms with E-state index in [4.69, 9.17) is 0 Å². The summed E-state index contributed by atoms with van der Waals surface area (Å²) in [6.07, 6.45) is 9.50. The van der Waals surface area contributed by atoms with Crippen LogP contribution in [-0.2, 0) is 6.54 Å². The fraction of sp³-hybridized carbons (Fsp3) is 0.706. The van der Waals surface area contributed by atoms with E-state index in [0.29, 0.717) is 0 Å². The van der Waals surface area contributed by atoms with Gasteiger partial charge in [-0.2, -0.15) is 0 Å². The van der Waals surface area contributed by atoms with Gasteiger partial charge in [0.1, 0.15) is 0 Å². The van der Waals surface area contributed by atoms with Crippen LogP contribution in [0.1, 0.15) is 52.0 Å². The zero-order chi connectivity index (χ0) is 14.6. The van der Waals surface area contributed by atoms with Crippen molar-refractivity contribution in [3.05, 3.63) is 24.0 Å². The topological polar surface area (TPSA) is 28.2 Å². The molecule has 112 valence electrons. The van der Waals surface area contributed by atoms with Crippen molar-refractivity contribution in [1.82, 2.24) is 10.3 Å². The van der Waals surface area contributed by atoms with Crippen molar-refractivity contribution in [2.45, 2.75) is 58.5 Å². The van der Waals surface area contributed by atoms with Crippen molar-refractivity contribution >= 4 is 5.69 Å². The summed E-state index contributed by atoms with van der Waals surface area (Å²) in [7, 11) is 2.20. The predicted octanol–water partition coefficient (Wildman–Crippen LogP) is 3.60. The number of hydrogen-bond donors (Lipinski definition) is 1. The summed E-state index contributed by atoms with van der Waals surface area (Å²) in [5.41, 5.74) is 2.76. The van der Waals surface area contributed by atoms with E-state index in [0.717, 1.165) is 19.0 Å². The zero-order valence-corrected chi connectivity index (χ0v) is 13.4. The molecule has 1 saturated carbocycles. The molecule has 3 heteroatoms. The lowest BCUT2D eigenvalue weighted by Gasteiger charge is -2.27. The lowest BCUT2D eigenvalue weighted by Crippen LogP contribution is -2.35. The Bertz CT molecular complexity index is 416. The van der Waals surface area contributed by atoms with E-state index in [1.165, 1.54) is 36.9 Å². The summed E-state index contributed by atoms with van der Waals surface area (Å²) in [4.78, 5) is 6.71. The van der Waals surface area contributed by atoms with Gasteiger partial charge in [0.25, 0.3) is 0 Å². The van der Waals surface area contributed by atoms with E-state index >= 15 is 0 Å². The average molecular weight is 275 g/mol. The molecule has 1 aliphatic carbocycles. The van der Waals surface area contributed by atoms with Gasteiger partial charge in [-0.05, 0) is 51.2 Å². The minimum Gasteiger partial charge on any atom is -0.373 e. The molecule has 20 heavy (non-hydrogen) atoms. The first-order valence-electron chi connectivity index (χ1n) is 7.85. The van der Waals surface area contributed by atoms with Crippen LogP contribution in [0.4, 0.5) is 5.69 Å². The fourth-order valence-corrected chi connectivity index (χ4v) is 2.95. The van der Waals surface area contributed by atoms with Crippen LogP contribution in [0.5, 0.6) is 0 Å². The first-order valence-corrected chi connectivity index (χ1v) is 7.85. The molecule has 0 unspecified atom stereocenters. The summed E-state index contributed by atoms with van der Waals surface area (Å²) < 4.78 is 0. The van der Waals surface area contributed by atoms with Gasteiger partial charge in [0, 0.05) is 31.9 Å². The maximum absolute atomic E-state index is 4.32. The van der Waals surface area contributed by atoms with Gasteiger partial charge in [-0.25, -0.2) is 0 Å². The maximum Gasteiger partial charge on any atom is 0.0595 e. The van der Waals surface area contributed by atoms with E-state index in [1.54, 1.807) is 0 Å². The molecular formula is C17H29N3. The van der Waals surface area contributed by atoms with E-state index in [2.05, 4.69) is 49.1 Å². The molecule has 3 nitrogen and oxygen atoms in total. The highest BCUT2D eigenvalue weighted by atomic mass is 15.1. The number of nitrogens with zero attached hydrogens (tertiary/aromatic N) is 2. The van der Waals surface area contributed by atoms with Gasteiger partial charge in [0.15, 0.2) is 0 Å². The maximum atomic E-state index is 4.32. The van der Waals surface area contributed by atoms with Crippen LogP contribution in [0.25, 0.3) is 0 Å². The SMILES string of the molecule is CN(CC1CCCC1)c1cnccc1CNC(C)(C)C. The third-order valence-electron chi connectivity index (χ3n) is 4.11. The van der Waals surface area contributed by atoms with Crippen LogP contribution in [0.15, 0.2) is 18.5 Å². The predicted molar refractivity (Wildman–Crippen MR) is 86.1 cm³/mol. The number of hydrogen-bond acceptors (Lipinski definition) is 3.